The van der Waals surface area contributed by atoms with Gasteiger partial charge in [0.25, 0.3) is 0 Å². The van der Waals surface area contributed by atoms with Crippen molar-refractivity contribution in [3.63, 3.8) is 0 Å². The zero-order valence-corrected chi connectivity index (χ0v) is 12.4. The van der Waals surface area contributed by atoms with E-state index in [1.54, 1.807) is 4.90 Å². The van der Waals surface area contributed by atoms with Gasteiger partial charge in [-0.2, -0.15) is 0 Å². The van der Waals surface area contributed by atoms with Crippen LogP contribution in [0.25, 0.3) is 0 Å². The lowest BCUT2D eigenvalue weighted by Gasteiger charge is -2.21. The van der Waals surface area contributed by atoms with Crippen LogP contribution in [-0.4, -0.2) is 41.8 Å². The standard InChI is InChI=1S/C16H24N2O2/c1-12-9-13(2)11-14(10-12)5-6-17-16(20)18(7-8-19)15-3-4-15/h9-11,15,19H,3-8H2,1-2H3,(H,17,20). The van der Waals surface area contributed by atoms with Crippen molar-refractivity contribution in [3.8, 4) is 0 Å². The van der Waals surface area contributed by atoms with Crippen molar-refractivity contribution in [2.75, 3.05) is 19.7 Å². The Morgan fingerprint density at radius 2 is 1.95 bits per heavy atom. The Kier molecular flexibility index (Phi) is 5.01. The van der Waals surface area contributed by atoms with Crippen molar-refractivity contribution in [2.45, 2.75) is 39.2 Å². The van der Waals surface area contributed by atoms with Crippen LogP contribution >= 0.6 is 0 Å². The summed E-state index contributed by atoms with van der Waals surface area (Å²) in [5, 5.41) is 12.0. The zero-order valence-electron chi connectivity index (χ0n) is 12.4. The molecule has 0 spiro atoms. The Bertz CT molecular complexity index is 449. The van der Waals surface area contributed by atoms with Crippen LogP contribution in [-0.2, 0) is 6.42 Å². The number of nitrogens with one attached hydrogen (secondary N) is 1. The first-order valence-corrected chi connectivity index (χ1v) is 7.32. The predicted molar refractivity (Wildman–Crippen MR) is 79.8 cm³/mol. The van der Waals surface area contributed by atoms with Gasteiger partial charge in [0, 0.05) is 19.1 Å². The molecule has 0 bridgehead atoms. The summed E-state index contributed by atoms with van der Waals surface area (Å²) in [7, 11) is 0. The highest BCUT2D eigenvalue weighted by molar-refractivity contribution is 5.74. The van der Waals surface area contributed by atoms with Crippen molar-refractivity contribution in [1.82, 2.24) is 10.2 Å². The number of aliphatic hydroxyl groups is 1. The van der Waals surface area contributed by atoms with E-state index in [1.165, 1.54) is 16.7 Å². The van der Waals surface area contributed by atoms with Gasteiger partial charge in [-0.3, -0.25) is 0 Å². The molecule has 1 saturated carbocycles. The number of rotatable bonds is 6. The van der Waals surface area contributed by atoms with Gasteiger partial charge in [-0.05, 0) is 38.7 Å². The molecule has 0 saturated heterocycles. The third-order valence-electron chi connectivity index (χ3n) is 3.56. The minimum Gasteiger partial charge on any atom is -0.395 e. The van der Waals surface area contributed by atoms with Gasteiger partial charge in [-0.25, -0.2) is 4.79 Å². The largest absolute Gasteiger partial charge is 0.395 e. The van der Waals surface area contributed by atoms with Crippen LogP contribution < -0.4 is 5.32 Å². The molecule has 2 rings (SSSR count). The molecule has 1 aliphatic carbocycles. The van der Waals surface area contributed by atoms with Crippen LogP contribution in [0.3, 0.4) is 0 Å². The number of urea groups is 1. The Morgan fingerprint density at radius 1 is 1.30 bits per heavy atom. The molecule has 1 fully saturated rings. The van der Waals surface area contributed by atoms with E-state index in [-0.39, 0.29) is 12.6 Å². The summed E-state index contributed by atoms with van der Waals surface area (Å²) in [5.74, 6) is 0. The van der Waals surface area contributed by atoms with Gasteiger partial charge in [0.1, 0.15) is 0 Å². The SMILES string of the molecule is Cc1cc(C)cc(CCNC(=O)N(CCO)C2CC2)c1. The molecule has 0 atom stereocenters. The van der Waals surface area contributed by atoms with Crippen LogP contribution in [0.15, 0.2) is 18.2 Å². The molecule has 0 aliphatic heterocycles. The second kappa shape index (κ2) is 6.75. The number of nitrogens with zero attached hydrogens (tertiary/aromatic N) is 1. The third-order valence-corrected chi connectivity index (χ3v) is 3.56. The first-order valence-electron chi connectivity index (χ1n) is 7.32. The summed E-state index contributed by atoms with van der Waals surface area (Å²) in [6.45, 7) is 5.27. The molecule has 4 heteroatoms. The van der Waals surface area contributed by atoms with E-state index in [9.17, 15) is 4.79 Å². The van der Waals surface area contributed by atoms with Crippen molar-refractivity contribution in [1.29, 1.82) is 0 Å². The van der Waals surface area contributed by atoms with Crippen LogP contribution in [0, 0.1) is 13.8 Å². The molecular weight excluding hydrogens is 252 g/mol. The maximum absolute atomic E-state index is 12.0. The fourth-order valence-electron chi connectivity index (χ4n) is 2.57. The topological polar surface area (TPSA) is 52.6 Å². The summed E-state index contributed by atoms with van der Waals surface area (Å²) in [4.78, 5) is 13.8. The Morgan fingerprint density at radius 3 is 2.50 bits per heavy atom. The fraction of sp³-hybridized carbons (Fsp3) is 0.562. The first-order chi connectivity index (χ1) is 9.60. The predicted octanol–water partition coefficient (Wildman–Crippen LogP) is 2.01. The lowest BCUT2D eigenvalue weighted by atomic mass is 10.1. The maximum atomic E-state index is 12.0. The van der Waals surface area contributed by atoms with Gasteiger partial charge < -0.3 is 15.3 Å². The summed E-state index contributed by atoms with van der Waals surface area (Å²) in [5.41, 5.74) is 3.76. The highest BCUT2D eigenvalue weighted by atomic mass is 16.3. The smallest absolute Gasteiger partial charge is 0.317 e. The van der Waals surface area contributed by atoms with E-state index in [4.69, 9.17) is 5.11 Å². The monoisotopic (exact) mass is 276 g/mol. The second-order valence-electron chi connectivity index (χ2n) is 5.63. The molecule has 0 aromatic heterocycles. The Labute approximate surface area is 120 Å². The lowest BCUT2D eigenvalue weighted by molar-refractivity contribution is 0.174. The van der Waals surface area contributed by atoms with Crippen LogP contribution in [0.4, 0.5) is 4.79 Å². The number of hydrogen-bond donors (Lipinski definition) is 2. The number of carbonyl (C=O) groups excluding carboxylic acids is 1. The summed E-state index contributed by atoms with van der Waals surface area (Å²) >= 11 is 0. The molecule has 4 nitrogen and oxygen atoms in total. The van der Waals surface area contributed by atoms with E-state index in [1.807, 2.05) is 0 Å². The quantitative estimate of drug-likeness (QED) is 0.835. The number of aliphatic hydroxyl groups excluding tert-OH is 1. The van der Waals surface area contributed by atoms with E-state index in [2.05, 4.69) is 37.4 Å². The molecule has 1 aliphatic rings. The number of hydrogen-bond acceptors (Lipinski definition) is 2. The van der Waals surface area contributed by atoms with E-state index >= 15 is 0 Å². The second-order valence-corrected chi connectivity index (χ2v) is 5.63. The van der Waals surface area contributed by atoms with Crippen LogP contribution in [0.1, 0.15) is 29.5 Å². The highest BCUT2D eigenvalue weighted by Gasteiger charge is 2.31. The van der Waals surface area contributed by atoms with Crippen molar-refractivity contribution in [2.24, 2.45) is 0 Å². The number of amides is 2. The van der Waals surface area contributed by atoms with Crippen molar-refractivity contribution in [3.05, 3.63) is 34.9 Å². The average molecular weight is 276 g/mol. The maximum Gasteiger partial charge on any atom is 0.317 e. The van der Waals surface area contributed by atoms with Gasteiger partial charge in [-0.1, -0.05) is 29.3 Å². The molecule has 1 aromatic carbocycles. The molecule has 1 aromatic rings. The zero-order chi connectivity index (χ0) is 14.5. The van der Waals surface area contributed by atoms with Gasteiger partial charge in [0.2, 0.25) is 0 Å². The number of benzene rings is 1. The average Bonchev–Trinajstić information content (AvgIpc) is 3.18. The lowest BCUT2D eigenvalue weighted by Crippen LogP contribution is -2.43. The molecule has 110 valence electrons. The molecule has 2 amide bonds. The molecule has 2 N–H and O–H groups in total. The highest BCUT2D eigenvalue weighted by Crippen LogP contribution is 2.26. The first kappa shape index (κ1) is 14.9. The van der Waals surface area contributed by atoms with Gasteiger partial charge >= 0.3 is 6.03 Å². The Balaban J connectivity index is 1.80. The number of aryl methyl sites for hydroxylation is 2. The fourth-order valence-corrected chi connectivity index (χ4v) is 2.57. The minimum absolute atomic E-state index is 0.0288. The minimum atomic E-state index is -0.0501. The van der Waals surface area contributed by atoms with E-state index < -0.39 is 0 Å². The van der Waals surface area contributed by atoms with E-state index in [0.717, 1.165) is 19.3 Å². The third kappa shape index (κ3) is 4.23. The molecular formula is C16H24N2O2. The van der Waals surface area contributed by atoms with Gasteiger partial charge in [0.15, 0.2) is 0 Å². The number of carbonyl (C=O) groups is 1. The van der Waals surface area contributed by atoms with Crippen LogP contribution in [0.5, 0.6) is 0 Å². The normalized spacial score (nSPS) is 14.2. The summed E-state index contributed by atoms with van der Waals surface area (Å²) in [6, 6.07) is 6.75. The molecule has 0 unspecified atom stereocenters. The van der Waals surface area contributed by atoms with Gasteiger partial charge in [-0.15, -0.1) is 0 Å². The van der Waals surface area contributed by atoms with Crippen molar-refractivity contribution < 1.29 is 9.90 Å². The molecule has 20 heavy (non-hydrogen) atoms. The molecule has 0 heterocycles. The molecule has 0 radical (unpaired) electrons. The Hall–Kier alpha value is -1.55. The van der Waals surface area contributed by atoms with Crippen molar-refractivity contribution >= 4 is 6.03 Å². The van der Waals surface area contributed by atoms with Crippen LogP contribution in [0.2, 0.25) is 0 Å². The summed E-state index contributed by atoms with van der Waals surface area (Å²) in [6.07, 6.45) is 2.96. The van der Waals surface area contributed by atoms with E-state index in [0.29, 0.717) is 19.1 Å². The summed E-state index contributed by atoms with van der Waals surface area (Å²) < 4.78 is 0. The van der Waals surface area contributed by atoms with Gasteiger partial charge in [0.05, 0.1) is 6.61 Å².